The zero-order chi connectivity index (χ0) is 20.5. The Labute approximate surface area is 179 Å². The number of nitrogens with zero attached hydrogens (tertiary/aromatic N) is 2. The highest BCUT2D eigenvalue weighted by molar-refractivity contribution is 7.11. The Balaban J connectivity index is 2.00. The summed E-state index contributed by atoms with van der Waals surface area (Å²) in [6.07, 6.45) is 1.85. The molecule has 0 amide bonds. The Hall–Kier alpha value is -2.48. The first kappa shape index (κ1) is 19.8. The predicted octanol–water partition coefficient (Wildman–Crippen LogP) is 3.51. The van der Waals surface area contributed by atoms with E-state index in [0.29, 0.717) is 31.2 Å². The van der Waals surface area contributed by atoms with E-state index in [9.17, 15) is 9.59 Å². The van der Waals surface area contributed by atoms with Gasteiger partial charge < -0.3 is 4.74 Å². The average molecular weight is 445 g/mol. The molecule has 1 aromatic carbocycles. The van der Waals surface area contributed by atoms with Crippen LogP contribution in [0.1, 0.15) is 30.3 Å². The molecule has 0 N–H and O–H groups in total. The van der Waals surface area contributed by atoms with Crippen molar-refractivity contribution in [1.82, 2.24) is 4.57 Å². The minimum Gasteiger partial charge on any atom is -0.463 e. The summed E-state index contributed by atoms with van der Waals surface area (Å²) in [5.41, 5.74) is 1.31. The van der Waals surface area contributed by atoms with Crippen molar-refractivity contribution in [3.63, 3.8) is 0 Å². The van der Waals surface area contributed by atoms with Crippen LogP contribution >= 0.6 is 34.3 Å². The number of esters is 1. The summed E-state index contributed by atoms with van der Waals surface area (Å²) in [6, 6.07) is 10.4. The number of aromatic nitrogens is 1. The number of fused-ring (bicyclic) bond motifs is 1. The highest BCUT2D eigenvalue weighted by atomic mass is 35.5. The van der Waals surface area contributed by atoms with Gasteiger partial charge in [0.2, 0.25) is 0 Å². The topological polar surface area (TPSA) is 60.7 Å². The summed E-state index contributed by atoms with van der Waals surface area (Å²) < 4.78 is 7.38. The largest absolute Gasteiger partial charge is 0.463 e. The molecule has 1 aliphatic heterocycles. The van der Waals surface area contributed by atoms with Crippen LogP contribution in [-0.2, 0) is 9.53 Å². The third-order valence-electron chi connectivity index (χ3n) is 4.53. The molecule has 5 nitrogen and oxygen atoms in total. The standard InChI is InChI=1S/C21H17ClN2O3S2/c1-3-27-20(26)17-12(2)23-21-24(18(17)14-8-4-5-9-15(14)22)19(25)16(29-21)11-13-7-6-10-28-13/h4-11,18H,3H2,1-2H3/b16-11-. The fourth-order valence-electron chi connectivity index (χ4n) is 3.29. The van der Waals surface area contributed by atoms with E-state index in [-0.39, 0.29) is 12.2 Å². The van der Waals surface area contributed by atoms with Gasteiger partial charge in [0.25, 0.3) is 5.56 Å². The molecule has 0 spiro atoms. The van der Waals surface area contributed by atoms with Gasteiger partial charge in [-0.1, -0.05) is 47.2 Å². The predicted molar refractivity (Wildman–Crippen MR) is 116 cm³/mol. The van der Waals surface area contributed by atoms with Crippen molar-refractivity contribution in [1.29, 1.82) is 0 Å². The Morgan fingerprint density at radius 3 is 2.79 bits per heavy atom. The maximum Gasteiger partial charge on any atom is 0.338 e. The minimum absolute atomic E-state index is 0.207. The number of hydrogen-bond acceptors (Lipinski definition) is 6. The smallest absolute Gasteiger partial charge is 0.338 e. The fourth-order valence-corrected chi connectivity index (χ4v) is 5.29. The molecule has 1 atom stereocenters. The van der Waals surface area contributed by atoms with Crippen molar-refractivity contribution in [3.8, 4) is 0 Å². The number of halogens is 1. The van der Waals surface area contributed by atoms with E-state index in [0.717, 1.165) is 4.88 Å². The molecule has 148 valence electrons. The first-order valence-corrected chi connectivity index (χ1v) is 11.1. The molecule has 0 radical (unpaired) electrons. The van der Waals surface area contributed by atoms with Crippen molar-refractivity contribution in [3.05, 3.63) is 88.2 Å². The van der Waals surface area contributed by atoms with Crippen LogP contribution in [0, 0.1) is 0 Å². The molecule has 0 bridgehead atoms. The quantitative estimate of drug-likeness (QED) is 0.578. The second-order valence-corrected chi connectivity index (χ2v) is 8.73. The van der Waals surface area contributed by atoms with E-state index in [1.165, 1.54) is 11.3 Å². The van der Waals surface area contributed by atoms with Gasteiger partial charge in [0.15, 0.2) is 4.80 Å². The van der Waals surface area contributed by atoms with Crippen LogP contribution in [0.4, 0.5) is 0 Å². The van der Waals surface area contributed by atoms with Gasteiger partial charge in [-0.3, -0.25) is 9.36 Å². The number of benzene rings is 1. The average Bonchev–Trinajstić information content (AvgIpc) is 3.30. The molecule has 29 heavy (non-hydrogen) atoms. The van der Waals surface area contributed by atoms with Crippen LogP contribution < -0.4 is 14.9 Å². The van der Waals surface area contributed by atoms with Gasteiger partial charge >= 0.3 is 5.97 Å². The molecule has 8 heteroatoms. The zero-order valence-corrected chi connectivity index (χ0v) is 18.1. The SMILES string of the molecule is CCOC(=O)C1=C(C)N=c2s/c(=C\c3cccs3)c(=O)n2C1c1ccccc1Cl. The Bertz CT molecular complexity index is 1290. The van der Waals surface area contributed by atoms with Crippen molar-refractivity contribution >= 4 is 46.3 Å². The molecular weight excluding hydrogens is 428 g/mol. The van der Waals surface area contributed by atoms with E-state index in [4.69, 9.17) is 16.3 Å². The van der Waals surface area contributed by atoms with Crippen LogP contribution in [0.15, 0.2) is 62.8 Å². The van der Waals surface area contributed by atoms with Gasteiger partial charge in [-0.05, 0) is 43.0 Å². The lowest BCUT2D eigenvalue weighted by Crippen LogP contribution is -2.40. The lowest BCUT2D eigenvalue weighted by molar-refractivity contribution is -0.139. The van der Waals surface area contributed by atoms with Crippen LogP contribution in [-0.4, -0.2) is 17.1 Å². The fraction of sp³-hybridized carbons (Fsp3) is 0.190. The van der Waals surface area contributed by atoms with Crippen LogP contribution in [0.5, 0.6) is 0 Å². The molecule has 0 saturated carbocycles. The molecule has 0 fully saturated rings. The second-order valence-electron chi connectivity index (χ2n) is 6.34. The Morgan fingerprint density at radius 2 is 2.10 bits per heavy atom. The van der Waals surface area contributed by atoms with E-state index in [1.807, 2.05) is 41.8 Å². The number of carbonyl (C=O) groups is 1. The zero-order valence-electron chi connectivity index (χ0n) is 15.7. The van der Waals surface area contributed by atoms with E-state index in [2.05, 4.69) is 4.99 Å². The highest BCUT2D eigenvalue weighted by Gasteiger charge is 2.34. The summed E-state index contributed by atoms with van der Waals surface area (Å²) in [7, 11) is 0. The minimum atomic E-state index is -0.690. The van der Waals surface area contributed by atoms with E-state index in [1.54, 1.807) is 35.8 Å². The number of thiophene rings is 1. The monoisotopic (exact) mass is 444 g/mol. The molecule has 2 aromatic heterocycles. The second kappa shape index (κ2) is 8.10. The number of ether oxygens (including phenoxy) is 1. The van der Waals surface area contributed by atoms with E-state index >= 15 is 0 Å². The Morgan fingerprint density at radius 1 is 1.31 bits per heavy atom. The maximum absolute atomic E-state index is 13.3. The number of thiazole rings is 1. The molecule has 0 aliphatic carbocycles. The molecule has 4 rings (SSSR count). The van der Waals surface area contributed by atoms with Crippen molar-refractivity contribution in [2.45, 2.75) is 19.9 Å². The van der Waals surface area contributed by atoms with Gasteiger partial charge in [0, 0.05) is 9.90 Å². The normalized spacial score (nSPS) is 16.5. The summed E-state index contributed by atoms with van der Waals surface area (Å²) in [4.78, 5) is 32.2. The lowest BCUT2D eigenvalue weighted by Gasteiger charge is -2.25. The van der Waals surface area contributed by atoms with Crippen molar-refractivity contribution < 1.29 is 9.53 Å². The summed E-state index contributed by atoms with van der Waals surface area (Å²) in [5, 5.41) is 2.43. The molecule has 3 aromatic rings. The van der Waals surface area contributed by atoms with Crippen molar-refractivity contribution in [2.24, 2.45) is 4.99 Å². The first-order chi connectivity index (χ1) is 14.0. The third-order valence-corrected chi connectivity index (χ3v) is 6.68. The summed E-state index contributed by atoms with van der Waals surface area (Å²) in [6.45, 7) is 3.73. The first-order valence-electron chi connectivity index (χ1n) is 8.99. The summed E-state index contributed by atoms with van der Waals surface area (Å²) >= 11 is 9.32. The number of hydrogen-bond donors (Lipinski definition) is 0. The van der Waals surface area contributed by atoms with Crippen LogP contribution in [0.2, 0.25) is 5.02 Å². The van der Waals surface area contributed by atoms with Crippen LogP contribution in [0.25, 0.3) is 6.08 Å². The van der Waals surface area contributed by atoms with Gasteiger partial charge in [-0.15, -0.1) is 11.3 Å². The molecule has 0 saturated heterocycles. The molecule has 1 unspecified atom stereocenters. The van der Waals surface area contributed by atoms with E-state index < -0.39 is 12.0 Å². The van der Waals surface area contributed by atoms with Gasteiger partial charge in [0.05, 0.1) is 22.4 Å². The lowest BCUT2D eigenvalue weighted by atomic mass is 9.96. The van der Waals surface area contributed by atoms with Crippen molar-refractivity contribution in [2.75, 3.05) is 6.61 Å². The summed E-state index contributed by atoms with van der Waals surface area (Å²) in [5.74, 6) is -0.494. The molecule has 1 aliphatic rings. The highest BCUT2D eigenvalue weighted by Crippen LogP contribution is 2.34. The van der Waals surface area contributed by atoms with Gasteiger partial charge in [-0.25, -0.2) is 9.79 Å². The Kier molecular flexibility index (Phi) is 5.54. The maximum atomic E-state index is 13.3. The number of carbonyl (C=O) groups excluding carboxylic acids is 1. The number of allylic oxidation sites excluding steroid dienone is 1. The van der Waals surface area contributed by atoms with Crippen LogP contribution in [0.3, 0.4) is 0 Å². The number of rotatable bonds is 4. The third kappa shape index (κ3) is 3.61. The van der Waals surface area contributed by atoms with Gasteiger partial charge in [-0.2, -0.15) is 0 Å². The molecular formula is C21H17ClN2O3S2. The van der Waals surface area contributed by atoms with Gasteiger partial charge in [0.1, 0.15) is 6.04 Å². The molecule has 3 heterocycles.